The van der Waals surface area contributed by atoms with Gasteiger partial charge in [0.1, 0.15) is 6.54 Å². The Hall–Kier alpha value is -1.26. The molecule has 1 aromatic rings. The summed E-state index contributed by atoms with van der Waals surface area (Å²) < 4.78 is 11.7. The lowest BCUT2D eigenvalue weighted by molar-refractivity contribution is -0.912. The lowest BCUT2D eigenvalue weighted by atomic mass is 10.1. The first-order valence-corrected chi connectivity index (χ1v) is 6.51. The molecule has 0 aliphatic carbocycles. The summed E-state index contributed by atoms with van der Waals surface area (Å²) in [5.74, 6) is 2.16. The Morgan fingerprint density at radius 1 is 1.33 bits per heavy atom. The van der Waals surface area contributed by atoms with Gasteiger partial charge in [-0.3, -0.25) is 0 Å². The van der Waals surface area contributed by atoms with Crippen LogP contribution in [0.25, 0.3) is 0 Å². The molecule has 0 spiro atoms. The van der Waals surface area contributed by atoms with Crippen LogP contribution in [0.2, 0.25) is 0 Å². The van der Waals surface area contributed by atoms with Crippen molar-refractivity contribution in [3.05, 3.63) is 23.8 Å². The van der Waals surface area contributed by atoms with E-state index in [-0.39, 0.29) is 0 Å². The number of aliphatic hydroxyl groups is 1. The van der Waals surface area contributed by atoms with E-state index < -0.39 is 0 Å². The van der Waals surface area contributed by atoms with Gasteiger partial charge in [-0.15, -0.1) is 0 Å². The molecule has 1 aromatic carbocycles. The summed E-state index contributed by atoms with van der Waals surface area (Å²) in [6, 6.07) is 6.19. The number of likely N-dealkylation sites (tertiary alicyclic amines) is 1. The molecule has 2 unspecified atom stereocenters. The molecule has 2 aliphatic heterocycles. The maximum absolute atomic E-state index is 9.24. The Labute approximate surface area is 107 Å². The Balaban J connectivity index is 1.73. The lowest BCUT2D eigenvalue weighted by Gasteiger charge is -2.29. The summed E-state index contributed by atoms with van der Waals surface area (Å²) in [6.07, 6.45) is 1.12. The van der Waals surface area contributed by atoms with Gasteiger partial charge in [0.05, 0.1) is 26.7 Å². The van der Waals surface area contributed by atoms with Crippen LogP contribution in [0.15, 0.2) is 18.2 Å². The average Bonchev–Trinajstić information content (AvgIpc) is 2.95. The van der Waals surface area contributed by atoms with Gasteiger partial charge < -0.3 is 19.1 Å². The molecule has 1 N–H and O–H groups in total. The highest BCUT2D eigenvalue weighted by Gasteiger charge is 2.34. The Kier molecular flexibility index (Phi) is 2.92. The van der Waals surface area contributed by atoms with Gasteiger partial charge in [-0.25, -0.2) is 0 Å². The first-order valence-electron chi connectivity index (χ1n) is 6.51. The highest BCUT2D eigenvalue weighted by Crippen LogP contribution is 2.34. The van der Waals surface area contributed by atoms with Crippen LogP contribution in [0.3, 0.4) is 0 Å². The van der Waals surface area contributed by atoms with Crippen LogP contribution >= 0.6 is 0 Å². The second kappa shape index (κ2) is 4.44. The van der Waals surface area contributed by atoms with Gasteiger partial charge in [-0.05, 0) is 18.2 Å². The van der Waals surface area contributed by atoms with Gasteiger partial charge in [0.15, 0.2) is 11.5 Å². The Bertz CT molecular complexity index is 449. The third kappa shape index (κ3) is 2.18. The summed E-state index contributed by atoms with van der Waals surface area (Å²) in [5.41, 5.74) is 1.28. The monoisotopic (exact) mass is 250 g/mol. The van der Waals surface area contributed by atoms with Crippen molar-refractivity contribution in [2.75, 3.05) is 33.5 Å². The molecule has 0 amide bonds. The van der Waals surface area contributed by atoms with E-state index in [1.165, 1.54) is 5.56 Å². The minimum absolute atomic E-state index is 0.314. The van der Waals surface area contributed by atoms with Crippen molar-refractivity contribution in [3.63, 3.8) is 0 Å². The molecule has 18 heavy (non-hydrogen) atoms. The molecule has 0 aromatic heterocycles. The van der Waals surface area contributed by atoms with Gasteiger partial charge in [-0.1, -0.05) is 0 Å². The van der Waals surface area contributed by atoms with E-state index in [0.717, 1.165) is 42.0 Å². The van der Waals surface area contributed by atoms with Crippen LogP contribution in [0.4, 0.5) is 0 Å². The van der Waals surface area contributed by atoms with E-state index in [1.807, 2.05) is 6.07 Å². The number of quaternary nitrogens is 1. The molecular formula is C14H20NO3+. The number of hydrogen-bond acceptors (Lipinski definition) is 3. The number of ether oxygens (including phenoxy) is 2. The summed E-state index contributed by atoms with van der Waals surface area (Å²) in [5, 5.41) is 9.24. The minimum Gasteiger partial charge on any atom is -0.454 e. The predicted octanol–water partition coefficient (Wildman–Crippen LogP) is 1.37. The highest BCUT2D eigenvalue weighted by molar-refractivity contribution is 5.44. The summed E-state index contributed by atoms with van der Waals surface area (Å²) in [6.45, 7) is 3.84. The van der Waals surface area contributed by atoms with Gasteiger partial charge in [0, 0.05) is 17.9 Å². The fourth-order valence-electron chi connectivity index (χ4n) is 3.07. The number of nitrogens with zero attached hydrogens (tertiary/aromatic N) is 1. The summed E-state index contributed by atoms with van der Waals surface area (Å²) in [7, 11) is 2.26. The maximum Gasteiger partial charge on any atom is 0.231 e. The van der Waals surface area contributed by atoms with Crippen molar-refractivity contribution in [1.29, 1.82) is 0 Å². The molecule has 0 saturated carbocycles. The zero-order chi connectivity index (χ0) is 12.6. The quantitative estimate of drug-likeness (QED) is 0.824. The van der Waals surface area contributed by atoms with E-state index in [0.29, 0.717) is 19.3 Å². The zero-order valence-electron chi connectivity index (χ0n) is 10.8. The zero-order valence-corrected chi connectivity index (χ0v) is 10.8. The SMILES string of the molecule is C[N+]1(Cc2ccc3c(c2)OCO3)CCC(CO)C1. The molecule has 98 valence electrons. The van der Waals surface area contributed by atoms with Crippen LogP contribution in [0.1, 0.15) is 12.0 Å². The van der Waals surface area contributed by atoms with Crippen LogP contribution in [-0.4, -0.2) is 43.1 Å². The van der Waals surface area contributed by atoms with E-state index in [9.17, 15) is 5.11 Å². The molecule has 3 rings (SSSR count). The summed E-state index contributed by atoms with van der Waals surface area (Å²) in [4.78, 5) is 0. The molecule has 2 aliphatic rings. The molecule has 1 fully saturated rings. The van der Waals surface area contributed by atoms with Gasteiger partial charge >= 0.3 is 0 Å². The molecule has 4 nitrogen and oxygen atoms in total. The van der Waals surface area contributed by atoms with Crippen LogP contribution in [-0.2, 0) is 6.54 Å². The molecule has 0 bridgehead atoms. The van der Waals surface area contributed by atoms with Crippen LogP contribution in [0, 0.1) is 5.92 Å². The van der Waals surface area contributed by atoms with Crippen molar-refractivity contribution in [2.45, 2.75) is 13.0 Å². The second-order valence-corrected chi connectivity index (χ2v) is 5.71. The molecule has 2 atom stereocenters. The number of hydrogen-bond donors (Lipinski definition) is 1. The standard InChI is InChI=1S/C14H20NO3/c1-15(5-4-12(8-15)9-16)7-11-2-3-13-14(6-11)18-10-17-13/h2-3,6,12,16H,4-5,7-10H2,1H3/q+1. The van der Waals surface area contributed by atoms with Crippen molar-refractivity contribution in [3.8, 4) is 11.5 Å². The third-order valence-corrected chi connectivity index (χ3v) is 4.04. The summed E-state index contributed by atoms with van der Waals surface area (Å²) >= 11 is 0. The predicted molar refractivity (Wildman–Crippen MR) is 67.4 cm³/mol. The van der Waals surface area contributed by atoms with E-state index in [2.05, 4.69) is 19.2 Å². The van der Waals surface area contributed by atoms with E-state index >= 15 is 0 Å². The van der Waals surface area contributed by atoms with Crippen molar-refractivity contribution in [2.24, 2.45) is 5.92 Å². The first-order chi connectivity index (χ1) is 8.68. The number of aliphatic hydroxyl groups excluding tert-OH is 1. The smallest absolute Gasteiger partial charge is 0.231 e. The van der Waals surface area contributed by atoms with Crippen LogP contribution in [0.5, 0.6) is 11.5 Å². The van der Waals surface area contributed by atoms with Gasteiger partial charge in [-0.2, -0.15) is 0 Å². The lowest BCUT2D eigenvalue weighted by Crippen LogP contribution is -2.40. The topological polar surface area (TPSA) is 38.7 Å². The molecule has 0 radical (unpaired) electrons. The number of rotatable bonds is 3. The van der Waals surface area contributed by atoms with E-state index in [1.54, 1.807) is 0 Å². The number of fused-ring (bicyclic) bond motifs is 1. The molecule has 4 heteroatoms. The van der Waals surface area contributed by atoms with Gasteiger partial charge in [0.2, 0.25) is 6.79 Å². The maximum atomic E-state index is 9.24. The number of benzene rings is 1. The molecule has 1 saturated heterocycles. The highest BCUT2D eigenvalue weighted by atomic mass is 16.7. The average molecular weight is 250 g/mol. The van der Waals surface area contributed by atoms with Crippen molar-refractivity contribution < 1.29 is 19.1 Å². The largest absolute Gasteiger partial charge is 0.454 e. The Morgan fingerprint density at radius 2 is 2.17 bits per heavy atom. The molecule has 2 heterocycles. The van der Waals surface area contributed by atoms with Crippen molar-refractivity contribution >= 4 is 0 Å². The Morgan fingerprint density at radius 3 is 2.94 bits per heavy atom. The molecular weight excluding hydrogens is 230 g/mol. The van der Waals surface area contributed by atoms with E-state index in [4.69, 9.17) is 9.47 Å². The fourth-order valence-corrected chi connectivity index (χ4v) is 3.07. The third-order valence-electron chi connectivity index (χ3n) is 4.04. The first kappa shape index (κ1) is 11.8. The fraction of sp³-hybridized carbons (Fsp3) is 0.571. The second-order valence-electron chi connectivity index (χ2n) is 5.71. The van der Waals surface area contributed by atoms with Crippen molar-refractivity contribution in [1.82, 2.24) is 0 Å². The minimum atomic E-state index is 0.314. The van der Waals surface area contributed by atoms with Gasteiger partial charge in [0.25, 0.3) is 0 Å². The normalized spacial score (nSPS) is 29.8. The van der Waals surface area contributed by atoms with Crippen LogP contribution < -0.4 is 9.47 Å².